The van der Waals surface area contributed by atoms with Crippen molar-refractivity contribution in [3.8, 4) is 11.4 Å². The lowest BCUT2D eigenvalue weighted by molar-refractivity contribution is -0.219. The van der Waals surface area contributed by atoms with Gasteiger partial charge in [-0.1, -0.05) is 29.8 Å². The van der Waals surface area contributed by atoms with Gasteiger partial charge in [0.25, 0.3) is 0 Å². The molecule has 1 amide bonds. The van der Waals surface area contributed by atoms with Crippen molar-refractivity contribution < 1.29 is 24.9 Å². The fourth-order valence-electron chi connectivity index (χ4n) is 3.62. The number of carbonyl (C=O) groups is 1. The Balaban J connectivity index is 2.14. The van der Waals surface area contributed by atoms with Gasteiger partial charge in [0.2, 0.25) is 10.7 Å². The Kier molecular flexibility index (Phi) is 6.73. The van der Waals surface area contributed by atoms with Crippen LogP contribution in [0, 0.1) is 11.7 Å². The smallest absolute Gasteiger partial charge is 0.217 e. The third-order valence-electron chi connectivity index (χ3n) is 5.17. The number of aryl methyl sites for hydroxylation is 1. The van der Waals surface area contributed by atoms with Crippen molar-refractivity contribution in [2.75, 3.05) is 6.61 Å². The maximum absolute atomic E-state index is 11.7. The van der Waals surface area contributed by atoms with Gasteiger partial charge in [-0.3, -0.25) is 9.36 Å². The molecule has 1 aliphatic rings. The second-order valence-electron chi connectivity index (χ2n) is 7.84. The highest BCUT2D eigenvalue weighted by molar-refractivity contribution is 7.71. The molecule has 0 bridgehead atoms. The standard InChI is InChI=1S/C20H28N4O5S/c1-10(2)23-18(13-7-5-11(3)6-8-13)22-24(20(23)30)19-15(21-12(4)26)17(28)16(27)14(9-25)29-19/h5-8,10,14-17,19,25,27-28H,9H2,1-4H3,(H,21,26)/t14-,15-,16-,17-,19-/m1/s1. The number of ether oxygens (including phenoxy) is 1. The molecule has 2 heterocycles. The molecule has 10 heteroatoms. The van der Waals surface area contributed by atoms with Crippen LogP contribution in [0.3, 0.4) is 0 Å². The predicted octanol–water partition coefficient (Wildman–Crippen LogP) is 1.09. The van der Waals surface area contributed by atoms with E-state index in [2.05, 4.69) is 10.4 Å². The van der Waals surface area contributed by atoms with Gasteiger partial charge in [-0.25, -0.2) is 4.68 Å². The van der Waals surface area contributed by atoms with Gasteiger partial charge < -0.3 is 25.4 Å². The normalized spacial score (nSPS) is 26.7. The number of aromatic nitrogens is 3. The van der Waals surface area contributed by atoms with Crippen molar-refractivity contribution in [2.45, 2.75) is 64.3 Å². The summed E-state index contributed by atoms with van der Waals surface area (Å²) in [5.41, 5.74) is 1.96. The van der Waals surface area contributed by atoms with Gasteiger partial charge in [0.05, 0.1) is 6.61 Å². The number of nitrogens with zero attached hydrogens (tertiary/aromatic N) is 3. The summed E-state index contributed by atoms with van der Waals surface area (Å²) in [7, 11) is 0. The fourth-order valence-corrected chi connectivity index (χ4v) is 4.06. The van der Waals surface area contributed by atoms with Gasteiger partial charge in [0, 0.05) is 18.5 Å². The third-order valence-corrected chi connectivity index (χ3v) is 5.55. The average molecular weight is 437 g/mol. The topological polar surface area (TPSA) is 122 Å². The van der Waals surface area contributed by atoms with E-state index < -0.39 is 43.1 Å². The summed E-state index contributed by atoms with van der Waals surface area (Å²) >= 11 is 5.67. The zero-order chi connectivity index (χ0) is 22.2. The summed E-state index contributed by atoms with van der Waals surface area (Å²) in [6, 6.07) is 6.81. The molecule has 0 radical (unpaired) electrons. The Morgan fingerprint density at radius 1 is 1.27 bits per heavy atom. The van der Waals surface area contributed by atoms with Crippen molar-refractivity contribution in [3.63, 3.8) is 0 Å². The molecule has 1 saturated heterocycles. The van der Waals surface area contributed by atoms with E-state index in [9.17, 15) is 20.1 Å². The second-order valence-corrected chi connectivity index (χ2v) is 8.20. The molecule has 1 aliphatic heterocycles. The van der Waals surface area contributed by atoms with Gasteiger partial charge >= 0.3 is 0 Å². The first-order valence-electron chi connectivity index (χ1n) is 9.83. The fraction of sp³-hybridized carbons (Fsp3) is 0.550. The van der Waals surface area contributed by atoms with E-state index in [1.807, 2.05) is 49.6 Å². The number of nitrogens with one attached hydrogen (secondary N) is 1. The Morgan fingerprint density at radius 3 is 2.43 bits per heavy atom. The van der Waals surface area contributed by atoms with Crippen molar-refractivity contribution in [1.29, 1.82) is 0 Å². The van der Waals surface area contributed by atoms with Crippen LogP contribution in [0.4, 0.5) is 0 Å². The van der Waals surface area contributed by atoms with Crippen LogP contribution < -0.4 is 5.32 Å². The lowest BCUT2D eigenvalue weighted by Crippen LogP contribution is -2.62. The summed E-state index contributed by atoms with van der Waals surface area (Å²) in [5, 5.41) is 37.7. The average Bonchev–Trinajstić information content (AvgIpc) is 3.03. The van der Waals surface area contributed by atoms with Crippen molar-refractivity contribution >= 4 is 18.1 Å². The predicted molar refractivity (Wildman–Crippen MR) is 112 cm³/mol. The molecule has 0 saturated carbocycles. The lowest BCUT2D eigenvalue weighted by Gasteiger charge is -2.42. The van der Waals surface area contributed by atoms with Crippen LogP contribution in [0.25, 0.3) is 11.4 Å². The number of rotatable bonds is 5. The molecule has 1 aromatic heterocycles. The second kappa shape index (κ2) is 8.94. The van der Waals surface area contributed by atoms with Crippen molar-refractivity contribution in [1.82, 2.24) is 19.7 Å². The molecular weight excluding hydrogens is 408 g/mol. The quantitative estimate of drug-likeness (QED) is 0.518. The van der Waals surface area contributed by atoms with Crippen LogP contribution in [0.15, 0.2) is 24.3 Å². The molecule has 3 rings (SSSR count). The molecular formula is C20H28N4O5S. The van der Waals surface area contributed by atoms with Crippen LogP contribution in [-0.4, -0.2) is 66.5 Å². The van der Waals surface area contributed by atoms with Crippen molar-refractivity contribution in [3.05, 3.63) is 34.6 Å². The van der Waals surface area contributed by atoms with E-state index in [0.717, 1.165) is 11.1 Å². The highest BCUT2D eigenvalue weighted by Gasteiger charge is 2.46. The Hall–Kier alpha value is -2.11. The van der Waals surface area contributed by atoms with Crippen LogP contribution in [0.5, 0.6) is 0 Å². The molecule has 1 aromatic carbocycles. The molecule has 5 atom stereocenters. The molecule has 2 aromatic rings. The number of aliphatic hydroxyl groups is 3. The molecule has 0 unspecified atom stereocenters. The van der Waals surface area contributed by atoms with Gasteiger partial charge in [-0.05, 0) is 33.0 Å². The highest BCUT2D eigenvalue weighted by atomic mass is 32.1. The zero-order valence-corrected chi connectivity index (χ0v) is 18.2. The third kappa shape index (κ3) is 4.19. The van der Waals surface area contributed by atoms with Crippen LogP contribution in [-0.2, 0) is 9.53 Å². The van der Waals surface area contributed by atoms with Crippen LogP contribution in [0.2, 0.25) is 0 Å². The van der Waals surface area contributed by atoms with Gasteiger partial charge in [0.1, 0.15) is 24.4 Å². The van der Waals surface area contributed by atoms with Gasteiger partial charge in [-0.15, -0.1) is 5.10 Å². The van der Waals surface area contributed by atoms with Crippen molar-refractivity contribution in [2.24, 2.45) is 0 Å². The molecule has 4 N–H and O–H groups in total. The van der Waals surface area contributed by atoms with E-state index in [0.29, 0.717) is 10.6 Å². The summed E-state index contributed by atoms with van der Waals surface area (Å²) < 4.78 is 9.46. The summed E-state index contributed by atoms with van der Waals surface area (Å²) in [6.07, 6.45) is -4.81. The Labute approximate surface area is 179 Å². The highest BCUT2D eigenvalue weighted by Crippen LogP contribution is 2.31. The van der Waals surface area contributed by atoms with E-state index >= 15 is 0 Å². The van der Waals surface area contributed by atoms with Gasteiger partial charge in [0.15, 0.2) is 12.1 Å². The maximum atomic E-state index is 11.7. The Morgan fingerprint density at radius 2 is 1.90 bits per heavy atom. The molecule has 9 nitrogen and oxygen atoms in total. The number of aliphatic hydroxyl groups excluding tert-OH is 3. The van der Waals surface area contributed by atoms with Gasteiger partial charge in [-0.2, -0.15) is 0 Å². The molecule has 0 spiro atoms. The molecule has 0 aliphatic carbocycles. The molecule has 1 fully saturated rings. The van der Waals surface area contributed by atoms with Crippen LogP contribution >= 0.6 is 12.2 Å². The summed E-state index contributed by atoms with van der Waals surface area (Å²) in [5.74, 6) is 0.206. The monoisotopic (exact) mass is 436 g/mol. The number of hydrogen-bond donors (Lipinski definition) is 4. The Bertz CT molecular complexity index is 955. The lowest BCUT2D eigenvalue weighted by atomic mass is 9.96. The first-order valence-corrected chi connectivity index (χ1v) is 10.2. The zero-order valence-electron chi connectivity index (χ0n) is 17.4. The minimum Gasteiger partial charge on any atom is -0.394 e. The first kappa shape index (κ1) is 22.6. The molecule has 164 valence electrons. The number of hydrogen-bond acceptors (Lipinski definition) is 7. The SMILES string of the molecule is CC(=O)N[C@@H]1[C@@H](O)[C@H](O)[C@@H](CO)O[C@H]1n1nc(-c2ccc(C)cc2)n(C(C)C)c1=S. The van der Waals surface area contributed by atoms with E-state index in [1.54, 1.807) is 0 Å². The van der Waals surface area contributed by atoms with Crippen LogP contribution in [0.1, 0.15) is 38.6 Å². The number of benzene rings is 1. The minimum atomic E-state index is -1.38. The van der Waals surface area contributed by atoms with E-state index in [-0.39, 0.29) is 6.04 Å². The van der Waals surface area contributed by atoms with E-state index in [1.165, 1.54) is 11.6 Å². The maximum Gasteiger partial charge on any atom is 0.217 e. The largest absolute Gasteiger partial charge is 0.394 e. The number of amides is 1. The minimum absolute atomic E-state index is 0.0190. The first-order chi connectivity index (χ1) is 14.1. The molecule has 30 heavy (non-hydrogen) atoms. The van der Waals surface area contributed by atoms with E-state index in [4.69, 9.17) is 17.0 Å². The number of carbonyl (C=O) groups excluding carboxylic acids is 1. The summed E-state index contributed by atoms with van der Waals surface area (Å²) in [4.78, 5) is 11.7. The summed E-state index contributed by atoms with van der Waals surface area (Å²) in [6.45, 7) is 6.74.